The van der Waals surface area contributed by atoms with E-state index in [2.05, 4.69) is 26.1 Å². The minimum atomic E-state index is -0.137. The first-order valence-electron chi connectivity index (χ1n) is 8.46. The van der Waals surface area contributed by atoms with Crippen LogP contribution >= 0.6 is 0 Å². The lowest BCUT2D eigenvalue weighted by Crippen LogP contribution is -2.40. The van der Waals surface area contributed by atoms with Crippen LogP contribution in [0, 0.1) is 11.7 Å². The van der Waals surface area contributed by atoms with Gasteiger partial charge in [-0.3, -0.25) is 0 Å². The van der Waals surface area contributed by atoms with Gasteiger partial charge >= 0.3 is 0 Å². The van der Waals surface area contributed by atoms with E-state index in [9.17, 15) is 4.39 Å². The molecule has 1 N–H and O–H groups in total. The lowest BCUT2D eigenvalue weighted by atomic mass is 9.81. The van der Waals surface area contributed by atoms with Crippen LogP contribution in [0.4, 0.5) is 4.39 Å². The predicted octanol–water partition coefficient (Wildman–Crippen LogP) is 5.27. The van der Waals surface area contributed by atoms with Crippen molar-refractivity contribution in [1.29, 1.82) is 0 Å². The lowest BCUT2D eigenvalue weighted by molar-refractivity contribution is 0.324. The van der Waals surface area contributed by atoms with Crippen molar-refractivity contribution in [3.63, 3.8) is 0 Å². The van der Waals surface area contributed by atoms with Gasteiger partial charge in [-0.05, 0) is 63.1 Å². The van der Waals surface area contributed by atoms with Gasteiger partial charge in [-0.1, -0.05) is 37.8 Å². The number of rotatable bonds is 4. The van der Waals surface area contributed by atoms with E-state index < -0.39 is 0 Å². The van der Waals surface area contributed by atoms with Crippen LogP contribution in [0.2, 0.25) is 0 Å². The SMILES string of the molecule is CC(C)(C)NCC(c1ccc(F)cc1)C1CCCCCC1. The fraction of sp³-hybridized carbons (Fsp3) is 0.684. The van der Waals surface area contributed by atoms with E-state index in [1.807, 2.05) is 12.1 Å². The molecular formula is C19H30FN. The molecule has 1 aliphatic rings. The van der Waals surface area contributed by atoms with Gasteiger partial charge in [-0.2, -0.15) is 0 Å². The van der Waals surface area contributed by atoms with Crippen LogP contribution in [0.25, 0.3) is 0 Å². The van der Waals surface area contributed by atoms with Crippen LogP contribution in [0.5, 0.6) is 0 Å². The second-order valence-electron chi connectivity index (χ2n) is 7.54. The topological polar surface area (TPSA) is 12.0 Å². The Morgan fingerprint density at radius 1 is 1.05 bits per heavy atom. The van der Waals surface area contributed by atoms with Crippen molar-refractivity contribution in [3.8, 4) is 0 Å². The molecule has 0 aliphatic heterocycles. The quantitative estimate of drug-likeness (QED) is 0.745. The van der Waals surface area contributed by atoms with Gasteiger partial charge in [0.05, 0.1) is 0 Å². The van der Waals surface area contributed by atoms with Gasteiger partial charge in [0.25, 0.3) is 0 Å². The van der Waals surface area contributed by atoms with Crippen LogP contribution in [-0.4, -0.2) is 12.1 Å². The molecule has 0 amide bonds. The van der Waals surface area contributed by atoms with Crippen molar-refractivity contribution in [1.82, 2.24) is 5.32 Å². The summed E-state index contributed by atoms with van der Waals surface area (Å²) in [6, 6.07) is 7.18. The van der Waals surface area contributed by atoms with Gasteiger partial charge in [0.2, 0.25) is 0 Å². The Labute approximate surface area is 129 Å². The Hall–Kier alpha value is -0.890. The second-order valence-corrected chi connectivity index (χ2v) is 7.54. The molecule has 0 aromatic heterocycles. The first-order chi connectivity index (χ1) is 9.96. The van der Waals surface area contributed by atoms with E-state index in [0.29, 0.717) is 5.92 Å². The van der Waals surface area contributed by atoms with E-state index in [1.54, 1.807) is 12.1 Å². The molecule has 1 aromatic carbocycles. The molecule has 0 spiro atoms. The molecule has 118 valence electrons. The van der Waals surface area contributed by atoms with Crippen LogP contribution in [0.15, 0.2) is 24.3 Å². The van der Waals surface area contributed by atoms with E-state index >= 15 is 0 Å². The summed E-state index contributed by atoms with van der Waals surface area (Å²) in [6.45, 7) is 7.62. The third-order valence-electron chi connectivity index (χ3n) is 4.62. The van der Waals surface area contributed by atoms with Gasteiger partial charge in [0, 0.05) is 12.1 Å². The molecule has 1 aliphatic carbocycles. The maximum atomic E-state index is 13.2. The van der Waals surface area contributed by atoms with E-state index in [-0.39, 0.29) is 11.4 Å². The molecule has 0 saturated heterocycles. The molecule has 0 radical (unpaired) electrons. The van der Waals surface area contributed by atoms with Crippen molar-refractivity contribution in [2.45, 2.75) is 70.8 Å². The third kappa shape index (κ3) is 5.43. The first kappa shape index (κ1) is 16.5. The lowest BCUT2D eigenvalue weighted by Gasteiger charge is -2.31. The molecule has 21 heavy (non-hydrogen) atoms. The van der Waals surface area contributed by atoms with Gasteiger partial charge in [-0.25, -0.2) is 4.39 Å². The molecule has 1 saturated carbocycles. The zero-order valence-corrected chi connectivity index (χ0v) is 13.8. The van der Waals surface area contributed by atoms with Gasteiger partial charge in [0.15, 0.2) is 0 Å². The van der Waals surface area contributed by atoms with Crippen LogP contribution in [0.3, 0.4) is 0 Å². The number of hydrogen-bond acceptors (Lipinski definition) is 1. The van der Waals surface area contributed by atoms with E-state index in [4.69, 9.17) is 0 Å². The van der Waals surface area contributed by atoms with Gasteiger partial charge < -0.3 is 5.32 Å². The first-order valence-corrected chi connectivity index (χ1v) is 8.46. The van der Waals surface area contributed by atoms with Crippen LogP contribution in [0.1, 0.15) is 70.8 Å². The van der Waals surface area contributed by atoms with Crippen molar-refractivity contribution < 1.29 is 4.39 Å². The number of benzene rings is 1. The Kier molecular flexibility index (Phi) is 5.80. The predicted molar refractivity (Wildman–Crippen MR) is 88.1 cm³/mol. The standard InChI is InChI=1S/C19H30FN/c1-19(2,3)21-14-18(15-8-6-4-5-7-9-15)16-10-12-17(20)13-11-16/h10-13,15,18,21H,4-9,14H2,1-3H3. The van der Waals surface area contributed by atoms with Crippen molar-refractivity contribution in [3.05, 3.63) is 35.6 Å². The molecule has 1 aromatic rings. The molecule has 0 bridgehead atoms. The summed E-state index contributed by atoms with van der Waals surface area (Å²) >= 11 is 0. The highest BCUT2D eigenvalue weighted by molar-refractivity contribution is 5.22. The summed E-state index contributed by atoms with van der Waals surface area (Å²) in [5.41, 5.74) is 1.42. The van der Waals surface area contributed by atoms with Gasteiger partial charge in [0.1, 0.15) is 5.82 Å². The van der Waals surface area contributed by atoms with Crippen molar-refractivity contribution in [2.24, 2.45) is 5.92 Å². The molecule has 1 unspecified atom stereocenters. The molecule has 1 atom stereocenters. The Balaban J connectivity index is 2.14. The summed E-state index contributed by atoms with van der Waals surface area (Å²) < 4.78 is 13.2. The maximum Gasteiger partial charge on any atom is 0.123 e. The summed E-state index contributed by atoms with van der Waals surface area (Å²) in [5, 5.41) is 3.66. The Morgan fingerprint density at radius 3 is 2.14 bits per heavy atom. The van der Waals surface area contributed by atoms with Gasteiger partial charge in [-0.15, -0.1) is 0 Å². The second kappa shape index (κ2) is 7.40. The molecule has 2 heteroatoms. The third-order valence-corrected chi connectivity index (χ3v) is 4.62. The summed E-state index contributed by atoms with van der Waals surface area (Å²) in [7, 11) is 0. The molecule has 1 fully saturated rings. The fourth-order valence-corrected chi connectivity index (χ4v) is 3.40. The molecule has 0 heterocycles. The highest BCUT2D eigenvalue weighted by Crippen LogP contribution is 2.35. The van der Waals surface area contributed by atoms with Crippen molar-refractivity contribution >= 4 is 0 Å². The van der Waals surface area contributed by atoms with E-state index in [0.717, 1.165) is 12.5 Å². The Bertz CT molecular complexity index is 410. The minimum absolute atomic E-state index is 0.128. The molecule has 1 nitrogen and oxygen atoms in total. The highest BCUT2D eigenvalue weighted by Gasteiger charge is 2.25. The Morgan fingerprint density at radius 2 is 1.62 bits per heavy atom. The zero-order chi connectivity index (χ0) is 15.3. The van der Waals surface area contributed by atoms with E-state index in [1.165, 1.54) is 44.1 Å². The van der Waals surface area contributed by atoms with Crippen molar-refractivity contribution in [2.75, 3.05) is 6.54 Å². The maximum absolute atomic E-state index is 13.2. The number of nitrogens with one attached hydrogen (secondary N) is 1. The monoisotopic (exact) mass is 291 g/mol. The summed E-state index contributed by atoms with van der Waals surface area (Å²) in [4.78, 5) is 0. The van der Waals surface area contributed by atoms with Crippen LogP contribution in [-0.2, 0) is 0 Å². The van der Waals surface area contributed by atoms with Crippen LogP contribution < -0.4 is 5.32 Å². The summed E-state index contributed by atoms with van der Waals surface area (Å²) in [6.07, 6.45) is 8.07. The normalized spacial score (nSPS) is 19.2. The molecular weight excluding hydrogens is 261 g/mol. The number of halogens is 1. The smallest absolute Gasteiger partial charge is 0.123 e. The fourth-order valence-electron chi connectivity index (χ4n) is 3.40. The highest BCUT2D eigenvalue weighted by atomic mass is 19.1. The molecule has 2 rings (SSSR count). The summed E-state index contributed by atoms with van der Waals surface area (Å²) in [5.74, 6) is 1.10. The average Bonchev–Trinajstić information content (AvgIpc) is 2.69. The largest absolute Gasteiger partial charge is 0.311 e. The average molecular weight is 291 g/mol. The number of hydrogen-bond donors (Lipinski definition) is 1. The minimum Gasteiger partial charge on any atom is -0.311 e. The zero-order valence-electron chi connectivity index (χ0n) is 13.8.